The first-order chi connectivity index (χ1) is 25.2. The minimum absolute atomic E-state index is 0.0318. The van der Waals surface area contributed by atoms with Gasteiger partial charge in [0.15, 0.2) is 11.5 Å². The Kier molecular flexibility index (Phi) is 13.5. The zero-order valence-corrected chi connectivity index (χ0v) is 29.8. The van der Waals surface area contributed by atoms with Gasteiger partial charge in [0.1, 0.15) is 11.6 Å². The van der Waals surface area contributed by atoms with Crippen LogP contribution in [0.15, 0.2) is 79.0 Å². The van der Waals surface area contributed by atoms with Crippen molar-refractivity contribution in [2.24, 2.45) is 5.73 Å². The van der Waals surface area contributed by atoms with Crippen molar-refractivity contribution >= 4 is 17.6 Å². The Morgan fingerprint density at radius 1 is 0.906 bits per heavy atom. The summed E-state index contributed by atoms with van der Waals surface area (Å²) in [5, 5.41) is 16.8. The Labute approximate surface area is 305 Å². The van der Waals surface area contributed by atoms with Crippen molar-refractivity contribution in [3.8, 4) is 23.0 Å². The summed E-state index contributed by atoms with van der Waals surface area (Å²) >= 11 is 0. The highest BCUT2D eigenvalue weighted by Gasteiger charge is 2.42. The average Bonchev–Trinajstić information content (AvgIpc) is 3.12. The smallest absolute Gasteiger partial charge is 0.493 e. The topological polar surface area (TPSA) is 180 Å². The van der Waals surface area contributed by atoms with Crippen LogP contribution in [0.5, 0.6) is 23.0 Å². The molecular formula is C38H44F3N5O7. The molecule has 2 unspecified atom stereocenters. The van der Waals surface area contributed by atoms with Gasteiger partial charge < -0.3 is 46.2 Å². The van der Waals surface area contributed by atoms with E-state index in [9.17, 15) is 27.9 Å². The standard InChI is InChI=1S/C38H44F3N5O7/c1-23(44-22-30(47)27-10-13-33(42)45-21-27)14-25-6-5-7-28(15-25)37(19-34(43)48,18-26-16-31(50-2)35(52-4)32(17-26)51-3)36(49)46-20-24-8-11-29(12-9-24)53-38(39,40)41/h5-13,15-17,21,23,30,44,47H,14,18-20,22H2,1-4H3,(H2,42,45)(H2,43,48)(H,46,49)/t23?,30-,37?/m1/s1. The van der Waals surface area contributed by atoms with Crippen molar-refractivity contribution in [3.05, 3.63) is 107 Å². The van der Waals surface area contributed by atoms with Gasteiger partial charge >= 0.3 is 6.36 Å². The number of halogens is 3. The Morgan fingerprint density at radius 3 is 2.15 bits per heavy atom. The third-order valence-electron chi connectivity index (χ3n) is 8.63. The highest BCUT2D eigenvalue weighted by molar-refractivity contribution is 5.93. The number of primary amides is 1. The zero-order chi connectivity index (χ0) is 38.8. The Balaban J connectivity index is 1.67. The monoisotopic (exact) mass is 739 g/mol. The summed E-state index contributed by atoms with van der Waals surface area (Å²) in [6, 6.07) is 18.9. The molecule has 0 spiro atoms. The molecule has 3 atom stereocenters. The number of carbonyl (C=O) groups excluding carboxylic acids is 2. The number of benzene rings is 3. The lowest BCUT2D eigenvalue weighted by atomic mass is 9.71. The van der Waals surface area contributed by atoms with Crippen LogP contribution in [-0.2, 0) is 34.4 Å². The third kappa shape index (κ3) is 11.0. The minimum Gasteiger partial charge on any atom is -0.493 e. The maximum absolute atomic E-state index is 14.5. The molecule has 7 N–H and O–H groups in total. The minimum atomic E-state index is -4.85. The number of nitrogens with two attached hydrogens (primary N) is 2. The number of methoxy groups -OCH3 is 3. The van der Waals surface area contributed by atoms with Gasteiger partial charge in [-0.15, -0.1) is 13.2 Å². The number of hydrogen-bond acceptors (Lipinski definition) is 10. The van der Waals surface area contributed by atoms with Gasteiger partial charge in [0.05, 0.1) is 32.8 Å². The van der Waals surface area contributed by atoms with Gasteiger partial charge in [-0.1, -0.05) is 42.5 Å². The summed E-state index contributed by atoms with van der Waals surface area (Å²) < 4.78 is 58.6. The van der Waals surface area contributed by atoms with Crippen molar-refractivity contribution < 1.29 is 46.8 Å². The molecule has 0 aliphatic heterocycles. The van der Waals surface area contributed by atoms with Crippen molar-refractivity contribution in [3.63, 3.8) is 0 Å². The summed E-state index contributed by atoms with van der Waals surface area (Å²) in [6.45, 7) is 2.11. The second-order valence-electron chi connectivity index (χ2n) is 12.6. The maximum atomic E-state index is 14.5. The van der Waals surface area contributed by atoms with Crippen LogP contribution in [0, 0.1) is 0 Å². The summed E-state index contributed by atoms with van der Waals surface area (Å²) in [5.41, 5.74) is 12.9. The van der Waals surface area contributed by atoms with E-state index in [2.05, 4.69) is 20.4 Å². The van der Waals surface area contributed by atoms with Gasteiger partial charge in [-0.25, -0.2) is 4.98 Å². The van der Waals surface area contributed by atoms with E-state index in [4.69, 9.17) is 25.7 Å². The molecule has 0 aliphatic carbocycles. The molecule has 0 fully saturated rings. The first kappa shape index (κ1) is 40.2. The molecule has 15 heteroatoms. The number of ether oxygens (including phenoxy) is 4. The molecular weight excluding hydrogens is 695 g/mol. The number of rotatable bonds is 18. The van der Waals surface area contributed by atoms with E-state index >= 15 is 0 Å². The van der Waals surface area contributed by atoms with Gasteiger partial charge in [-0.3, -0.25) is 9.59 Å². The number of carbonyl (C=O) groups is 2. The first-order valence-corrected chi connectivity index (χ1v) is 16.6. The van der Waals surface area contributed by atoms with Crippen LogP contribution in [-0.4, -0.2) is 62.2 Å². The molecule has 0 saturated heterocycles. The molecule has 12 nitrogen and oxygen atoms in total. The Hall–Kier alpha value is -5.54. The number of aromatic nitrogens is 1. The lowest BCUT2D eigenvalue weighted by Crippen LogP contribution is -2.48. The first-order valence-electron chi connectivity index (χ1n) is 16.6. The summed E-state index contributed by atoms with van der Waals surface area (Å²) in [4.78, 5) is 31.4. The molecule has 3 aromatic carbocycles. The van der Waals surface area contributed by atoms with Crippen LogP contribution >= 0.6 is 0 Å². The van der Waals surface area contributed by atoms with E-state index in [1.165, 1.54) is 39.7 Å². The number of nitrogen functional groups attached to an aromatic ring is 1. The van der Waals surface area contributed by atoms with Crippen molar-refractivity contribution in [2.45, 2.75) is 56.7 Å². The van der Waals surface area contributed by atoms with Crippen molar-refractivity contribution in [2.75, 3.05) is 33.6 Å². The number of alkyl halides is 3. The fraction of sp³-hybridized carbons (Fsp3) is 0.342. The molecule has 53 heavy (non-hydrogen) atoms. The summed E-state index contributed by atoms with van der Waals surface area (Å²) in [5.74, 6) is -0.346. The molecule has 0 bridgehead atoms. The average molecular weight is 740 g/mol. The lowest BCUT2D eigenvalue weighted by molar-refractivity contribution is -0.274. The fourth-order valence-corrected chi connectivity index (χ4v) is 6.07. The van der Waals surface area contributed by atoms with Crippen LogP contribution in [0.2, 0.25) is 0 Å². The van der Waals surface area contributed by atoms with E-state index in [0.717, 1.165) is 17.7 Å². The SMILES string of the molecule is COc1cc(CC(CC(N)=O)(C(=O)NCc2ccc(OC(F)(F)F)cc2)c2cccc(CC(C)NC[C@@H](O)c3ccc(N)nc3)c2)cc(OC)c1OC. The Morgan fingerprint density at radius 2 is 1.58 bits per heavy atom. The molecule has 0 aliphatic rings. The summed E-state index contributed by atoms with van der Waals surface area (Å²) in [7, 11) is 4.38. The Bertz CT molecular complexity index is 1820. The van der Waals surface area contributed by atoms with Gasteiger partial charge in [0.2, 0.25) is 17.6 Å². The maximum Gasteiger partial charge on any atom is 0.573 e. The van der Waals surface area contributed by atoms with E-state index in [0.29, 0.717) is 51.7 Å². The van der Waals surface area contributed by atoms with Crippen LogP contribution in [0.1, 0.15) is 47.3 Å². The number of nitrogens with zero attached hydrogens (tertiary/aromatic N) is 1. The van der Waals surface area contributed by atoms with Crippen LogP contribution in [0.3, 0.4) is 0 Å². The fourth-order valence-electron chi connectivity index (χ4n) is 6.07. The van der Waals surface area contributed by atoms with Gasteiger partial charge in [0.25, 0.3) is 0 Å². The molecule has 2 amide bonds. The third-order valence-corrected chi connectivity index (χ3v) is 8.63. The summed E-state index contributed by atoms with van der Waals surface area (Å²) in [6.07, 6.45) is -4.09. The molecule has 284 valence electrons. The van der Waals surface area contributed by atoms with Gasteiger partial charge in [-0.2, -0.15) is 0 Å². The largest absolute Gasteiger partial charge is 0.573 e. The zero-order valence-electron chi connectivity index (χ0n) is 29.8. The highest BCUT2D eigenvalue weighted by atomic mass is 19.4. The number of aliphatic hydroxyl groups is 1. The molecule has 1 aromatic heterocycles. The lowest BCUT2D eigenvalue weighted by Gasteiger charge is -2.33. The van der Waals surface area contributed by atoms with Crippen molar-refractivity contribution in [1.82, 2.24) is 15.6 Å². The second kappa shape index (κ2) is 17.8. The van der Waals surface area contributed by atoms with Crippen LogP contribution < -0.4 is 41.0 Å². The molecule has 0 radical (unpaired) electrons. The van der Waals surface area contributed by atoms with Crippen molar-refractivity contribution in [1.29, 1.82) is 0 Å². The second-order valence-corrected chi connectivity index (χ2v) is 12.6. The molecule has 4 aromatic rings. The highest BCUT2D eigenvalue weighted by Crippen LogP contribution is 2.41. The van der Waals surface area contributed by atoms with E-state index in [1.54, 1.807) is 36.4 Å². The number of nitrogens with one attached hydrogen (secondary N) is 2. The normalized spacial score (nSPS) is 13.7. The quantitative estimate of drug-likeness (QED) is 0.0975. The van der Waals surface area contributed by atoms with Gasteiger partial charge in [0, 0.05) is 37.3 Å². The molecule has 1 heterocycles. The number of amides is 2. The van der Waals surface area contributed by atoms with E-state index in [1.807, 2.05) is 19.1 Å². The number of pyridine rings is 1. The predicted octanol–water partition coefficient (Wildman–Crippen LogP) is 4.51. The predicted molar refractivity (Wildman–Crippen MR) is 191 cm³/mol. The molecule has 0 saturated carbocycles. The number of anilines is 1. The van der Waals surface area contributed by atoms with E-state index < -0.39 is 41.9 Å². The molecule has 4 rings (SSSR count). The number of hydrogen-bond donors (Lipinski definition) is 5. The van der Waals surface area contributed by atoms with Crippen LogP contribution in [0.4, 0.5) is 19.0 Å². The van der Waals surface area contributed by atoms with Crippen LogP contribution in [0.25, 0.3) is 0 Å². The number of aliphatic hydroxyl groups excluding tert-OH is 1. The van der Waals surface area contributed by atoms with Gasteiger partial charge in [-0.05, 0) is 72.4 Å². The van der Waals surface area contributed by atoms with E-state index in [-0.39, 0.29) is 25.6 Å².